The van der Waals surface area contributed by atoms with Gasteiger partial charge in [0.25, 0.3) is 0 Å². The van der Waals surface area contributed by atoms with Crippen molar-refractivity contribution in [3.05, 3.63) is 0 Å². The van der Waals surface area contributed by atoms with Gasteiger partial charge in [-0.05, 0) is 38.5 Å². The molecule has 1 N–H and O–H groups in total. The van der Waals surface area contributed by atoms with Crippen molar-refractivity contribution in [2.75, 3.05) is 13.1 Å². The predicted molar refractivity (Wildman–Crippen MR) is 69.4 cm³/mol. The normalized spacial score (nSPS) is 20.2. The summed E-state index contributed by atoms with van der Waals surface area (Å²) in [6, 6.07) is 0. The molecule has 16 heavy (non-hydrogen) atoms. The van der Waals surface area contributed by atoms with Gasteiger partial charge in [-0.3, -0.25) is 4.90 Å². The molecule has 0 aromatic carbocycles. The van der Waals surface area contributed by atoms with Gasteiger partial charge in [-0.25, -0.2) is 0 Å². The van der Waals surface area contributed by atoms with E-state index in [1.807, 2.05) is 0 Å². The number of hydrogen-bond donors (Lipinski definition) is 1. The minimum Gasteiger partial charge on any atom is -0.376 e. The summed E-state index contributed by atoms with van der Waals surface area (Å²) in [5.41, 5.74) is -0.470. The van der Waals surface area contributed by atoms with Gasteiger partial charge in [-0.15, -0.1) is 0 Å². The molecule has 0 aliphatic heterocycles. The first-order valence-electron chi connectivity index (χ1n) is 7.20. The Bertz CT molecular complexity index is 168. The third-order valence-electron chi connectivity index (χ3n) is 3.81. The highest BCUT2D eigenvalue weighted by molar-refractivity contribution is 4.83. The van der Waals surface area contributed by atoms with E-state index in [2.05, 4.69) is 18.7 Å². The van der Waals surface area contributed by atoms with Crippen LogP contribution in [0.4, 0.5) is 0 Å². The van der Waals surface area contributed by atoms with Gasteiger partial charge in [0.15, 0.2) is 0 Å². The van der Waals surface area contributed by atoms with Gasteiger partial charge in [0.1, 0.15) is 5.72 Å². The summed E-state index contributed by atoms with van der Waals surface area (Å²) in [7, 11) is 0. The van der Waals surface area contributed by atoms with Crippen LogP contribution in [0.15, 0.2) is 0 Å². The van der Waals surface area contributed by atoms with E-state index in [9.17, 15) is 5.11 Å². The van der Waals surface area contributed by atoms with Crippen LogP contribution in [0.1, 0.15) is 71.6 Å². The van der Waals surface area contributed by atoms with E-state index in [0.29, 0.717) is 0 Å². The molecular formula is C14H29NO. The van der Waals surface area contributed by atoms with Crippen molar-refractivity contribution in [2.24, 2.45) is 0 Å². The molecule has 0 amide bonds. The number of rotatable bonds is 7. The summed E-state index contributed by atoms with van der Waals surface area (Å²) in [5.74, 6) is 0. The van der Waals surface area contributed by atoms with Crippen molar-refractivity contribution in [3.8, 4) is 0 Å². The Hall–Kier alpha value is -0.0800. The number of nitrogens with zero attached hydrogens (tertiary/aromatic N) is 1. The molecule has 1 saturated carbocycles. The fraction of sp³-hybridized carbons (Fsp3) is 1.00. The summed E-state index contributed by atoms with van der Waals surface area (Å²) in [5, 5.41) is 10.7. The highest BCUT2D eigenvalue weighted by Gasteiger charge is 2.34. The molecule has 2 heteroatoms. The smallest absolute Gasteiger partial charge is 0.118 e. The maximum absolute atomic E-state index is 10.7. The molecule has 2 nitrogen and oxygen atoms in total. The summed E-state index contributed by atoms with van der Waals surface area (Å²) >= 11 is 0. The first-order chi connectivity index (χ1) is 7.73. The second-order valence-electron chi connectivity index (χ2n) is 5.24. The van der Waals surface area contributed by atoms with Crippen LogP contribution in [0.2, 0.25) is 0 Å². The molecule has 0 atom stereocenters. The van der Waals surface area contributed by atoms with Crippen LogP contribution >= 0.6 is 0 Å². The zero-order valence-electron chi connectivity index (χ0n) is 11.2. The van der Waals surface area contributed by atoms with Crippen molar-refractivity contribution >= 4 is 0 Å². The lowest BCUT2D eigenvalue weighted by Gasteiger charge is -2.42. The van der Waals surface area contributed by atoms with Crippen LogP contribution in [0.3, 0.4) is 0 Å². The second kappa shape index (κ2) is 7.29. The van der Waals surface area contributed by atoms with Crippen LogP contribution in [-0.4, -0.2) is 28.8 Å². The molecule has 0 aromatic heterocycles. The lowest BCUT2D eigenvalue weighted by atomic mass is 9.90. The predicted octanol–water partition coefficient (Wildman–Crippen LogP) is 3.54. The average Bonchev–Trinajstić information content (AvgIpc) is 2.30. The maximum atomic E-state index is 10.7. The second-order valence-corrected chi connectivity index (χ2v) is 5.24. The van der Waals surface area contributed by atoms with E-state index < -0.39 is 5.72 Å². The minimum absolute atomic E-state index is 0.470. The molecule has 1 fully saturated rings. The van der Waals surface area contributed by atoms with Crippen molar-refractivity contribution in [1.82, 2.24) is 4.90 Å². The molecule has 0 aromatic rings. The molecular weight excluding hydrogens is 198 g/mol. The summed E-state index contributed by atoms with van der Waals surface area (Å²) in [6.45, 7) is 6.60. The Kier molecular flexibility index (Phi) is 6.37. The monoisotopic (exact) mass is 227 g/mol. The first-order valence-corrected chi connectivity index (χ1v) is 7.20. The summed E-state index contributed by atoms with van der Waals surface area (Å²) in [6.07, 6.45) is 10.5. The molecule has 0 heterocycles. The molecule has 96 valence electrons. The molecule has 1 rings (SSSR count). The van der Waals surface area contributed by atoms with Crippen molar-refractivity contribution < 1.29 is 5.11 Å². The number of hydrogen-bond acceptors (Lipinski definition) is 2. The quantitative estimate of drug-likeness (QED) is 0.672. The van der Waals surface area contributed by atoms with Crippen molar-refractivity contribution in [3.63, 3.8) is 0 Å². The lowest BCUT2D eigenvalue weighted by Crippen LogP contribution is -2.50. The third-order valence-corrected chi connectivity index (χ3v) is 3.81. The largest absolute Gasteiger partial charge is 0.376 e. The highest BCUT2D eigenvalue weighted by atomic mass is 16.3. The Balaban J connectivity index is 2.50. The van der Waals surface area contributed by atoms with Crippen LogP contribution in [-0.2, 0) is 0 Å². The van der Waals surface area contributed by atoms with E-state index >= 15 is 0 Å². The highest BCUT2D eigenvalue weighted by Crippen LogP contribution is 2.31. The van der Waals surface area contributed by atoms with E-state index in [0.717, 1.165) is 25.9 Å². The average molecular weight is 227 g/mol. The Morgan fingerprint density at radius 1 is 0.938 bits per heavy atom. The minimum atomic E-state index is -0.470. The van der Waals surface area contributed by atoms with Crippen molar-refractivity contribution in [1.29, 1.82) is 0 Å². The summed E-state index contributed by atoms with van der Waals surface area (Å²) < 4.78 is 0. The summed E-state index contributed by atoms with van der Waals surface area (Å²) in [4.78, 5) is 2.36. The van der Waals surface area contributed by atoms with Crippen LogP contribution in [0.5, 0.6) is 0 Å². The van der Waals surface area contributed by atoms with Crippen LogP contribution < -0.4 is 0 Å². The molecule has 0 radical (unpaired) electrons. The van der Waals surface area contributed by atoms with Crippen molar-refractivity contribution in [2.45, 2.75) is 77.4 Å². The van der Waals surface area contributed by atoms with Gasteiger partial charge in [0.05, 0.1) is 0 Å². The van der Waals surface area contributed by atoms with E-state index in [1.165, 1.54) is 44.9 Å². The first kappa shape index (κ1) is 14.0. The Labute approximate surface area is 101 Å². The van der Waals surface area contributed by atoms with E-state index in [4.69, 9.17) is 0 Å². The molecule has 1 aliphatic rings. The van der Waals surface area contributed by atoms with Gasteiger partial charge in [0.2, 0.25) is 0 Å². The number of aliphatic hydroxyl groups is 1. The molecule has 0 saturated heterocycles. The Morgan fingerprint density at radius 2 is 1.44 bits per heavy atom. The fourth-order valence-corrected chi connectivity index (χ4v) is 2.66. The maximum Gasteiger partial charge on any atom is 0.118 e. The van der Waals surface area contributed by atoms with Gasteiger partial charge in [-0.2, -0.15) is 0 Å². The van der Waals surface area contributed by atoms with E-state index in [1.54, 1.807) is 0 Å². The lowest BCUT2D eigenvalue weighted by molar-refractivity contribution is -0.132. The van der Waals surface area contributed by atoms with Crippen LogP contribution in [0, 0.1) is 0 Å². The van der Waals surface area contributed by atoms with Gasteiger partial charge < -0.3 is 5.11 Å². The molecule has 0 spiro atoms. The Morgan fingerprint density at radius 3 is 1.88 bits per heavy atom. The molecule has 1 aliphatic carbocycles. The zero-order chi connectivity index (χ0) is 11.9. The number of unbranched alkanes of at least 4 members (excludes halogenated alkanes) is 2. The van der Waals surface area contributed by atoms with Gasteiger partial charge >= 0.3 is 0 Å². The SMILES string of the molecule is CCCCN(CCCC)C1(O)CCCCC1. The third kappa shape index (κ3) is 4.06. The standard InChI is InChI=1S/C14H29NO/c1-3-5-12-15(13-6-4-2)14(16)10-8-7-9-11-14/h16H,3-13H2,1-2H3. The topological polar surface area (TPSA) is 23.5 Å². The zero-order valence-corrected chi connectivity index (χ0v) is 11.2. The van der Waals surface area contributed by atoms with Gasteiger partial charge in [0, 0.05) is 13.1 Å². The van der Waals surface area contributed by atoms with Crippen LogP contribution in [0.25, 0.3) is 0 Å². The van der Waals surface area contributed by atoms with E-state index in [-0.39, 0.29) is 0 Å². The van der Waals surface area contributed by atoms with Gasteiger partial charge in [-0.1, -0.05) is 33.1 Å². The fourth-order valence-electron chi connectivity index (χ4n) is 2.66. The molecule has 0 bridgehead atoms. The molecule has 0 unspecified atom stereocenters.